The van der Waals surface area contributed by atoms with Gasteiger partial charge >= 0.3 is 0 Å². The van der Waals surface area contributed by atoms with Crippen molar-refractivity contribution in [1.82, 2.24) is 4.67 Å². The van der Waals surface area contributed by atoms with Crippen LogP contribution in [0.3, 0.4) is 0 Å². The minimum absolute atomic E-state index is 0.0338. The Hall–Kier alpha value is -0.973. The second-order valence-corrected chi connectivity index (χ2v) is 10.6. The zero-order valence-corrected chi connectivity index (χ0v) is 12.4. The van der Waals surface area contributed by atoms with Crippen LogP contribution in [-0.4, -0.2) is 37.2 Å². The van der Waals surface area contributed by atoms with Gasteiger partial charge < -0.3 is 4.67 Å². The van der Waals surface area contributed by atoms with Crippen molar-refractivity contribution >= 4 is 25.5 Å². The van der Waals surface area contributed by atoms with Gasteiger partial charge in [-0.25, -0.2) is 0 Å². The van der Waals surface area contributed by atoms with Gasteiger partial charge in [0.25, 0.3) is 0 Å². The smallest absolute Gasteiger partial charge is 0.168 e. The molecule has 0 spiro atoms. The Morgan fingerprint density at radius 2 is 1.94 bits per heavy atom. The van der Waals surface area contributed by atoms with E-state index < -0.39 is 14.2 Å². The first kappa shape index (κ1) is 14.1. The van der Waals surface area contributed by atoms with E-state index in [1.165, 1.54) is 6.92 Å². The highest BCUT2D eigenvalue weighted by Gasteiger charge is 2.33. The highest BCUT2D eigenvalue weighted by molar-refractivity contribution is 6.73. The summed E-state index contributed by atoms with van der Waals surface area (Å²) in [7, 11) is 0.432. The second-order valence-electron chi connectivity index (χ2n) is 5.65. The highest BCUT2D eigenvalue weighted by atomic mass is 28.3. The lowest BCUT2D eigenvalue weighted by molar-refractivity contribution is -0.129. The Labute approximate surface area is 104 Å². The first-order valence-electron chi connectivity index (χ1n) is 6.08. The van der Waals surface area contributed by atoms with Gasteiger partial charge in [-0.2, -0.15) is 5.10 Å². The fourth-order valence-corrected chi connectivity index (χ4v) is 2.26. The summed E-state index contributed by atoms with van der Waals surface area (Å²) in [5.41, 5.74) is 0.763. The standard InChI is InChI=1S/C12H22N2O2Si/c1-9(15)12-10(7-6-8-11(12)16)13-14(2)17(3,4)5/h12H,6-8H2,1-5H3/b13-10+. The molecular weight excluding hydrogens is 232 g/mol. The van der Waals surface area contributed by atoms with Crippen molar-refractivity contribution in [2.75, 3.05) is 7.05 Å². The average Bonchev–Trinajstić information content (AvgIpc) is 2.15. The predicted molar refractivity (Wildman–Crippen MR) is 71.6 cm³/mol. The number of rotatable bonds is 3. The topological polar surface area (TPSA) is 49.7 Å². The van der Waals surface area contributed by atoms with Crippen molar-refractivity contribution in [3.63, 3.8) is 0 Å². The number of hydrogen-bond acceptors (Lipinski definition) is 4. The van der Waals surface area contributed by atoms with E-state index in [2.05, 4.69) is 24.7 Å². The van der Waals surface area contributed by atoms with Crippen LogP contribution in [-0.2, 0) is 9.59 Å². The second kappa shape index (κ2) is 5.12. The molecule has 0 saturated heterocycles. The summed E-state index contributed by atoms with van der Waals surface area (Å²) in [6, 6.07) is 0. The van der Waals surface area contributed by atoms with Crippen LogP contribution >= 0.6 is 0 Å². The van der Waals surface area contributed by atoms with Crippen molar-refractivity contribution in [1.29, 1.82) is 0 Å². The van der Waals surface area contributed by atoms with E-state index in [4.69, 9.17) is 0 Å². The highest BCUT2D eigenvalue weighted by Crippen LogP contribution is 2.21. The number of nitrogens with zero attached hydrogens (tertiary/aromatic N) is 2. The van der Waals surface area contributed by atoms with Crippen LogP contribution in [0.15, 0.2) is 5.10 Å². The lowest BCUT2D eigenvalue weighted by Crippen LogP contribution is -2.42. The fraction of sp³-hybridized carbons (Fsp3) is 0.750. The third-order valence-corrected chi connectivity index (χ3v) is 5.21. The molecule has 1 rings (SSSR count). The Morgan fingerprint density at radius 1 is 1.35 bits per heavy atom. The van der Waals surface area contributed by atoms with Gasteiger partial charge in [0.1, 0.15) is 17.5 Å². The Balaban J connectivity index is 2.97. The Bertz CT molecular complexity index is 358. The molecule has 1 atom stereocenters. The molecule has 0 aliphatic heterocycles. The molecular formula is C12H22N2O2Si. The van der Waals surface area contributed by atoms with Gasteiger partial charge in [0.2, 0.25) is 0 Å². The summed E-state index contributed by atoms with van der Waals surface area (Å²) in [6.45, 7) is 8.04. The van der Waals surface area contributed by atoms with Gasteiger partial charge in [0.05, 0.1) is 5.71 Å². The number of Topliss-reactive ketones (excluding diaryl/α,β-unsaturated/α-hetero) is 2. The number of carbonyl (C=O) groups is 2. The molecule has 0 bridgehead atoms. The monoisotopic (exact) mass is 254 g/mol. The maximum absolute atomic E-state index is 11.8. The van der Waals surface area contributed by atoms with Gasteiger partial charge in [-0.15, -0.1) is 0 Å². The van der Waals surface area contributed by atoms with Crippen LogP contribution < -0.4 is 0 Å². The molecule has 0 heterocycles. The third kappa shape index (κ3) is 3.49. The summed E-state index contributed by atoms with van der Waals surface area (Å²) in [5.74, 6) is -0.619. The molecule has 96 valence electrons. The molecule has 0 N–H and O–H groups in total. The maximum Gasteiger partial charge on any atom is 0.168 e. The first-order valence-corrected chi connectivity index (χ1v) is 9.52. The zero-order chi connectivity index (χ0) is 13.2. The van der Waals surface area contributed by atoms with E-state index >= 15 is 0 Å². The van der Waals surface area contributed by atoms with Crippen LogP contribution in [0.5, 0.6) is 0 Å². The van der Waals surface area contributed by atoms with Crippen LogP contribution in [0.1, 0.15) is 26.2 Å². The molecule has 0 amide bonds. The quantitative estimate of drug-likeness (QED) is 0.440. The predicted octanol–water partition coefficient (Wildman–Crippen LogP) is 2.07. The molecule has 5 heteroatoms. The number of ketones is 2. The number of hydrogen-bond donors (Lipinski definition) is 0. The molecule has 1 aliphatic carbocycles. The normalized spacial score (nSPS) is 23.9. The molecule has 17 heavy (non-hydrogen) atoms. The minimum Gasteiger partial charge on any atom is -0.328 e. The van der Waals surface area contributed by atoms with E-state index in [0.29, 0.717) is 6.42 Å². The van der Waals surface area contributed by atoms with Gasteiger partial charge in [0.15, 0.2) is 8.24 Å². The summed E-state index contributed by atoms with van der Waals surface area (Å²) in [5, 5.41) is 4.53. The molecule has 1 unspecified atom stereocenters. The zero-order valence-electron chi connectivity index (χ0n) is 11.4. The van der Waals surface area contributed by atoms with Gasteiger partial charge in [0, 0.05) is 13.5 Å². The Kier molecular flexibility index (Phi) is 4.24. The largest absolute Gasteiger partial charge is 0.328 e. The molecule has 0 aromatic heterocycles. The van der Waals surface area contributed by atoms with Gasteiger partial charge in [-0.05, 0) is 19.8 Å². The van der Waals surface area contributed by atoms with Crippen molar-refractivity contribution in [2.45, 2.75) is 45.8 Å². The van der Waals surface area contributed by atoms with E-state index in [-0.39, 0.29) is 11.6 Å². The molecule has 1 aliphatic rings. The van der Waals surface area contributed by atoms with Crippen LogP contribution in [0.2, 0.25) is 19.6 Å². The van der Waals surface area contributed by atoms with Crippen LogP contribution in [0.25, 0.3) is 0 Å². The van der Waals surface area contributed by atoms with E-state index in [1.54, 1.807) is 0 Å². The van der Waals surface area contributed by atoms with Crippen molar-refractivity contribution in [3.8, 4) is 0 Å². The Morgan fingerprint density at radius 3 is 2.41 bits per heavy atom. The lowest BCUT2D eigenvalue weighted by atomic mass is 9.84. The molecule has 4 nitrogen and oxygen atoms in total. The summed E-state index contributed by atoms with van der Waals surface area (Å²) in [4.78, 5) is 23.3. The van der Waals surface area contributed by atoms with Crippen molar-refractivity contribution in [2.24, 2.45) is 11.0 Å². The van der Waals surface area contributed by atoms with Crippen LogP contribution in [0, 0.1) is 5.92 Å². The first-order chi connectivity index (χ1) is 7.73. The van der Waals surface area contributed by atoms with E-state index in [0.717, 1.165) is 18.6 Å². The maximum atomic E-state index is 11.8. The summed E-state index contributed by atoms with van der Waals surface area (Å²) >= 11 is 0. The van der Waals surface area contributed by atoms with Gasteiger partial charge in [-0.1, -0.05) is 19.6 Å². The fourth-order valence-electron chi connectivity index (χ4n) is 1.83. The third-order valence-electron chi connectivity index (χ3n) is 3.17. The van der Waals surface area contributed by atoms with E-state index in [9.17, 15) is 9.59 Å². The summed E-state index contributed by atoms with van der Waals surface area (Å²) in [6.07, 6.45) is 2.10. The SMILES string of the molecule is CC(=O)C1C(=O)CCC/C1=N\N(C)[Si](C)(C)C. The average molecular weight is 254 g/mol. The molecule has 0 aromatic carbocycles. The molecule has 1 saturated carbocycles. The number of hydrazone groups is 1. The molecule has 1 fully saturated rings. The summed E-state index contributed by atoms with van der Waals surface area (Å²) < 4.78 is 1.97. The molecule has 0 aromatic rings. The van der Waals surface area contributed by atoms with Crippen molar-refractivity contribution in [3.05, 3.63) is 0 Å². The van der Waals surface area contributed by atoms with Gasteiger partial charge in [-0.3, -0.25) is 9.59 Å². The minimum atomic E-state index is -1.51. The van der Waals surface area contributed by atoms with Crippen molar-refractivity contribution < 1.29 is 9.59 Å². The van der Waals surface area contributed by atoms with E-state index in [1.807, 2.05) is 11.7 Å². The lowest BCUT2D eigenvalue weighted by Gasteiger charge is -2.30. The number of carbonyl (C=O) groups excluding carboxylic acids is 2. The van der Waals surface area contributed by atoms with Crippen LogP contribution in [0.4, 0.5) is 0 Å². The molecule has 0 radical (unpaired) electrons.